The largest absolute Gasteiger partial charge is 0.480 e. The second-order valence-electron chi connectivity index (χ2n) is 5.57. The second-order valence-corrected chi connectivity index (χ2v) is 5.57. The van der Waals surface area contributed by atoms with E-state index in [9.17, 15) is 4.79 Å². The van der Waals surface area contributed by atoms with E-state index in [0.717, 1.165) is 22.1 Å². The maximum atomic E-state index is 12.4. The summed E-state index contributed by atoms with van der Waals surface area (Å²) < 4.78 is 6.00. The van der Waals surface area contributed by atoms with Crippen molar-refractivity contribution in [1.82, 2.24) is 10.3 Å². The Bertz CT molecular complexity index is 813. The third kappa shape index (κ3) is 3.71. The summed E-state index contributed by atoms with van der Waals surface area (Å²) in [6.07, 6.45) is 3.51. The number of aromatic nitrogens is 1. The molecular formula is C20H20N2O2. The normalized spacial score (nSPS) is 11.9. The minimum Gasteiger partial charge on any atom is -0.480 e. The SMILES string of the molecule is CC[C@H](Oc1cccc2ccccc12)C(=O)NCc1ccncc1. The van der Waals surface area contributed by atoms with Crippen LogP contribution in [0.3, 0.4) is 0 Å². The zero-order valence-corrected chi connectivity index (χ0v) is 13.6. The van der Waals surface area contributed by atoms with E-state index in [1.165, 1.54) is 0 Å². The Morgan fingerprint density at radius 2 is 1.83 bits per heavy atom. The molecule has 0 saturated heterocycles. The third-order valence-electron chi connectivity index (χ3n) is 3.90. The van der Waals surface area contributed by atoms with Crippen LogP contribution in [0, 0.1) is 0 Å². The number of benzene rings is 2. The molecule has 4 heteroatoms. The number of carbonyl (C=O) groups excluding carboxylic acids is 1. The summed E-state index contributed by atoms with van der Waals surface area (Å²) >= 11 is 0. The molecule has 3 rings (SSSR count). The van der Waals surface area contributed by atoms with Crippen molar-refractivity contribution < 1.29 is 9.53 Å². The van der Waals surface area contributed by atoms with Gasteiger partial charge in [-0.2, -0.15) is 0 Å². The number of hydrogen-bond donors (Lipinski definition) is 1. The van der Waals surface area contributed by atoms with E-state index < -0.39 is 6.10 Å². The van der Waals surface area contributed by atoms with Gasteiger partial charge in [0.25, 0.3) is 5.91 Å². The molecule has 0 fully saturated rings. The smallest absolute Gasteiger partial charge is 0.261 e. The summed E-state index contributed by atoms with van der Waals surface area (Å²) in [5.74, 6) is 0.626. The number of rotatable bonds is 6. The van der Waals surface area contributed by atoms with Gasteiger partial charge in [-0.1, -0.05) is 43.3 Å². The number of nitrogens with zero attached hydrogens (tertiary/aromatic N) is 1. The summed E-state index contributed by atoms with van der Waals surface area (Å²) in [5, 5.41) is 5.04. The molecule has 0 saturated carbocycles. The topological polar surface area (TPSA) is 51.2 Å². The van der Waals surface area contributed by atoms with E-state index >= 15 is 0 Å². The van der Waals surface area contributed by atoms with E-state index in [1.54, 1.807) is 12.4 Å². The van der Waals surface area contributed by atoms with Gasteiger partial charge in [0.1, 0.15) is 5.75 Å². The van der Waals surface area contributed by atoms with Crippen LogP contribution in [0.25, 0.3) is 10.8 Å². The van der Waals surface area contributed by atoms with Gasteiger partial charge >= 0.3 is 0 Å². The molecule has 1 atom stereocenters. The number of carbonyl (C=O) groups is 1. The van der Waals surface area contributed by atoms with Crippen molar-refractivity contribution in [3.8, 4) is 5.75 Å². The molecule has 2 aromatic carbocycles. The lowest BCUT2D eigenvalue weighted by Gasteiger charge is -2.18. The number of pyridine rings is 1. The molecule has 24 heavy (non-hydrogen) atoms. The van der Waals surface area contributed by atoms with Crippen molar-refractivity contribution >= 4 is 16.7 Å². The minimum absolute atomic E-state index is 0.109. The standard InChI is InChI=1S/C20H20N2O2/c1-2-18(20(23)22-14-15-10-12-21-13-11-15)24-19-9-5-7-16-6-3-4-8-17(16)19/h3-13,18H,2,14H2,1H3,(H,22,23)/t18-/m0/s1. The number of ether oxygens (including phenoxy) is 1. The molecule has 0 aliphatic carbocycles. The van der Waals surface area contributed by atoms with E-state index in [1.807, 2.05) is 61.5 Å². The van der Waals surface area contributed by atoms with E-state index in [-0.39, 0.29) is 5.91 Å². The Hall–Kier alpha value is -2.88. The summed E-state index contributed by atoms with van der Waals surface area (Å²) in [7, 11) is 0. The van der Waals surface area contributed by atoms with Gasteiger partial charge in [-0.3, -0.25) is 9.78 Å². The van der Waals surface area contributed by atoms with Gasteiger partial charge in [0.15, 0.2) is 6.10 Å². The van der Waals surface area contributed by atoms with Gasteiger partial charge in [0.05, 0.1) is 0 Å². The average molecular weight is 320 g/mol. The Labute approximate surface area is 141 Å². The molecule has 0 spiro atoms. The molecule has 122 valence electrons. The summed E-state index contributed by atoms with van der Waals surface area (Å²) in [6, 6.07) is 17.6. The molecule has 3 aromatic rings. The van der Waals surface area contributed by atoms with Crippen LogP contribution in [-0.4, -0.2) is 17.0 Å². The van der Waals surface area contributed by atoms with Gasteiger partial charge in [0.2, 0.25) is 0 Å². The first-order valence-electron chi connectivity index (χ1n) is 8.09. The van der Waals surface area contributed by atoms with Crippen molar-refractivity contribution in [2.45, 2.75) is 26.0 Å². The highest BCUT2D eigenvalue weighted by Crippen LogP contribution is 2.26. The second kappa shape index (κ2) is 7.59. The Morgan fingerprint density at radius 3 is 2.62 bits per heavy atom. The lowest BCUT2D eigenvalue weighted by Crippen LogP contribution is -2.37. The number of hydrogen-bond acceptors (Lipinski definition) is 3. The maximum Gasteiger partial charge on any atom is 0.261 e. The van der Waals surface area contributed by atoms with Gasteiger partial charge in [-0.05, 0) is 35.6 Å². The Morgan fingerprint density at radius 1 is 1.08 bits per heavy atom. The van der Waals surface area contributed by atoms with E-state index in [0.29, 0.717) is 13.0 Å². The van der Waals surface area contributed by atoms with Gasteiger partial charge < -0.3 is 10.1 Å². The predicted octanol–water partition coefficient (Wildman–Crippen LogP) is 3.71. The molecular weight excluding hydrogens is 300 g/mol. The van der Waals surface area contributed by atoms with Crippen LogP contribution < -0.4 is 10.1 Å². The number of amides is 1. The van der Waals surface area contributed by atoms with Crippen molar-refractivity contribution in [2.75, 3.05) is 0 Å². The van der Waals surface area contributed by atoms with Crippen LogP contribution in [0.4, 0.5) is 0 Å². The highest BCUT2D eigenvalue weighted by atomic mass is 16.5. The highest BCUT2D eigenvalue weighted by molar-refractivity contribution is 5.89. The highest BCUT2D eigenvalue weighted by Gasteiger charge is 2.18. The number of nitrogens with one attached hydrogen (secondary N) is 1. The minimum atomic E-state index is -0.516. The van der Waals surface area contributed by atoms with Gasteiger partial charge in [-0.15, -0.1) is 0 Å². The summed E-state index contributed by atoms with van der Waals surface area (Å²) in [4.78, 5) is 16.4. The van der Waals surface area contributed by atoms with Crippen LogP contribution in [0.15, 0.2) is 67.0 Å². The molecule has 0 unspecified atom stereocenters. The molecule has 0 radical (unpaired) electrons. The van der Waals surface area contributed by atoms with Crippen molar-refractivity contribution in [1.29, 1.82) is 0 Å². The van der Waals surface area contributed by atoms with Gasteiger partial charge in [-0.25, -0.2) is 0 Å². The monoisotopic (exact) mass is 320 g/mol. The van der Waals surface area contributed by atoms with Crippen LogP contribution in [0.1, 0.15) is 18.9 Å². The lowest BCUT2D eigenvalue weighted by molar-refractivity contribution is -0.128. The molecule has 0 aliphatic rings. The first kappa shape index (κ1) is 16.0. The summed E-state index contributed by atoms with van der Waals surface area (Å²) in [6.45, 7) is 2.42. The Kier molecular flexibility index (Phi) is 5.06. The summed E-state index contributed by atoms with van der Waals surface area (Å²) in [5.41, 5.74) is 1.01. The van der Waals surface area contributed by atoms with Crippen LogP contribution in [0.5, 0.6) is 5.75 Å². The molecule has 4 nitrogen and oxygen atoms in total. The zero-order valence-electron chi connectivity index (χ0n) is 13.6. The van der Waals surface area contributed by atoms with Gasteiger partial charge in [0, 0.05) is 24.3 Å². The van der Waals surface area contributed by atoms with Crippen LogP contribution in [0.2, 0.25) is 0 Å². The maximum absolute atomic E-state index is 12.4. The quantitative estimate of drug-likeness (QED) is 0.753. The third-order valence-corrected chi connectivity index (χ3v) is 3.90. The fourth-order valence-electron chi connectivity index (χ4n) is 2.58. The molecule has 0 aliphatic heterocycles. The first-order valence-corrected chi connectivity index (χ1v) is 8.09. The number of fused-ring (bicyclic) bond motifs is 1. The predicted molar refractivity (Wildman–Crippen MR) is 94.7 cm³/mol. The Balaban J connectivity index is 1.70. The van der Waals surface area contributed by atoms with E-state index in [2.05, 4.69) is 10.3 Å². The van der Waals surface area contributed by atoms with Crippen molar-refractivity contribution in [2.24, 2.45) is 0 Å². The average Bonchev–Trinajstić information content (AvgIpc) is 2.65. The molecule has 1 aromatic heterocycles. The van der Waals surface area contributed by atoms with E-state index in [4.69, 9.17) is 4.74 Å². The molecule has 1 amide bonds. The zero-order chi connectivity index (χ0) is 16.8. The van der Waals surface area contributed by atoms with Crippen LogP contribution >= 0.6 is 0 Å². The van der Waals surface area contributed by atoms with Crippen molar-refractivity contribution in [3.63, 3.8) is 0 Å². The first-order chi connectivity index (χ1) is 11.8. The molecule has 1 N–H and O–H groups in total. The molecule has 0 bridgehead atoms. The van der Waals surface area contributed by atoms with Crippen molar-refractivity contribution in [3.05, 3.63) is 72.6 Å². The van der Waals surface area contributed by atoms with Crippen LogP contribution in [-0.2, 0) is 11.3 Å². The fraction of sp³-hybridized carbons (Fsp3) is 0.200. The fourth-order valence-corrected chi connectivity index (χ4v) is 2.58. The molecule has 1 heterocycles. The lowest BCUT2D eigenvalue weighted by atomic mass is 10.1.